The Bertz CT molecular complexity index is 512. The molecule has 0 bridgehead atoms. The van der Waals surface area contributed by atoms with Gasteiger partial charge in [0, 0.05) is 11.4 Å². The van der Waals surface area contributed by atoms with Crippen LogP contribution in [0.15, 0.2) is 22.1 Å². The third-order valence-electron chi connectivity index (χ3n) is 1.89. The van der Waals surface area contributed by atoms with Crippen LogP contribution in [0.1, 0.15) is 9.75 Å². The maximum Gasteiger partial charge on any atom is 0.183 e. The van der Waals surface area contributed by atoms with Crippen LogP contribution in [0.2, 0.25) is 0 Å². The molecule has 0 atom stereocenters. The highest BCUT2D eigenvalue weighted by molar-refractivity contribution is 9.11. The molecular weight excluding hydrogens is 306 g/mol. The van der Waals surface area contributed by atoms with Crippen LogP contribution in [-0.4, -0.2) is 11.5 Å². The van der Waals surface area contributed by atoms with Crippen LogP contribution in [0.4, 0.5) is 5.13 Å². The summed E-state index contributed by atoms with van der Waals surface area (Å²) in [6.07, 6.45) is 2.56. The van der Waals surface area contributed by atoms with Gasteiger partial charge in [0.15, 0.2) is 5.13 Å². The first-order chi connectivity index (χ1) is 7.78. The summed E-state index contributed by atoms with van der Waals surface area (Å²) in [6.45, 7) is 0.839. The van der Waals surface area contributed by atoms with Gasteiger partial charge in [-0.3, -0.25) is 0 Å². The van der Waals surface area contributed by atoms with Crippen molar-refractivity contribution in [3.05, 3.63) is 31.9 Å². The average molecular weight is 314 g/mol. The Morgan fingerprint density at radius 3 is 2.94 bits per heavy atom. The van der Waals surface area contributed by atoms with Crippen molar-refractivity contribution in [2.75, 3.05) is 11.9 Å². The van der Waals surface area contributed by atoms with Crippen molar-refractivity contribution in [3.63, 3.8) is 0 Å². The van der Waals surface area contributed by atoms with Gasteiger partial charge in [0.25, 0.3) is 0 Å². The second-order valence-electron chi connectivity index (χ2n) is 3.02. The van der Waals surface area contributed by atoms with Crippen molar-refractivity contribution in [3.8, 4) is 6.07 Å². The highest BCUT2D eigenvalue weighted by Gasteiger charge is 2.01. The minimum Gasteiger partial charge on any atom is -0.361 e. The molecule has 6 heteroatoms. The smallest absolute Gasteiger partial charge is 0.183 e. The van der Waals surface area contributed by atoms with Gasteiger partial charge in [0.1, 0.15) is 10.9 Å². The standard InChI is InChI=1S/C10H8BrN3S2/c11-9-2-1-7(15-9)3-4-13-10-14-6-8(5-12)16-10/h1-2,6H,3-4H2,(H,13,14). The number of hydrogen-bond donors (Lipinski definition) is 1. The van der Waals surface area contributed by atoms with Crippen LogP contribution in [0.3, 0.4) is 0 Å². The van der Waals surface area contributed by atoms with E-state index < -0.39 is 0 Å². The summed E-state index contributed by atoms with van der Waals surface area (Å²) in [5.41, 5.74) is 0. The number of rotatable bonds is 4. The number of thiophene rings is 1. The molecule has 2 rings (SSSR count). The molecule has 0 spiro atoms. The fourth-order valence-electron chi connectivity index (χ4n) is 1.19. The van der Waals surface area contributed by atoms with E-state index in [1.807, 2.05) is 0 Å². The first kappa shape index (κ1) is 11.6. The Morgan fingerprint density at radius 2 is 2.31 bits per heavy atom. The molecule has 0 aliphatic heterocycles. The predicted octanol–water partition coefficient (Wildman–Crippen LogP) is 3.49. The second-order valence-corrected chi connectivity index (χ2v) is 6.60. The summed E-state index contributed by atoms with van der Waals surface area (Å²) in [6, 6.07) is 6.23. The lowest BCUT2D eigenvalue weighted by Crippen LogP contribution is -2.02. The molecule has 0 amide bonds. The summed E-state index contributed by atoms with van der Waals surface area (Å²) < 4.78 is 1.16. The Morgan fingerprint density at radius 1 is 1.44 bits per heavy atom. The number of anilines is 1. The predicted molar refractivity (Wildman–Crippen MR) is 71.0 cm³/mol. The first-order valence-electron chi connectivity index (χ1n) is 4.62. The first-order valence-corrected chi connectivity index (χ1v) is 7.04. The molecule has 0 aromatic carbocycles. The van der Waals surface area contributed by atoms with E-state index >= 15 is 0 Å². The lowest BCUT2D eigenvalue weighted by Gasteiger charge is -1.99. The van der Waals surface area contributed by atoms with E-state index in [-0.39, 0.29) is 0 Å². The number of thiazole rings is 1. The fourth-order valence-corrected chi connectivity index (χ4v) is 3.31. The van der Waals surface area contributed by atoms with Crippen molar-refractivity contribution in [2.45, 2.75) is 6.42 Å². The van der Waals surface area contributed by atoms with Crippen LogP contribution >= 0.6 is 38.6 Å². The van der Waals surface area contributed by atoms with Gasteiger partial charge in [0.2, 0.25) is 0 Å². The number of nitriles is 1. The van der Waals surface area contributed by atoms with Crippen LogP contribution in [0.5, 0.6) is 0 Å². The van der Waals surface area contributed by atoms with Crippen molar-refractivity contribution < 1.29 is 0 Å². The monoisotopic (exact) mass is 313 g/mol. The van der Waals surface area contributed by atoms with Crippen LogP contribution in [0, 0.1) is 11.3 Å². The van der Waals surface area contributed by atoms with E-state index in [2.05, 4.69) is 44.4 Å². The maximum atomic E-state index is 8.65. The molecule has 0 saturated carbocycles. The summed E-state index contributed by atoms with van der Waals surface area (Å²) in [5.74, 6) is 0. The van der Waals surface area contributed by atoms with Gasteiger partial charge in [-0.15, -0.1) is 11.3 Å². The largest absolute Gasteiger partial charge is 0.361 e. The molecular formula is C10H8BrN3S2. The summed E-state index contributed by atoms with van der Waals surface area (Å²) in [4.78, 5) is 6.07. The molecule has 2 heterocycles. The molecule has 0 unspecified atom stereocenters. The van der Waals surface area contributed by atoms with Crippen molar-refractivity contribution in [2.24, 2.45) is 0 Å². The lowest BCUT2D eigenvalue weighted by atomic mass is 10.3. The van der Waals surface area contributed by atoms with Crippen molar-refractivity contribution in [1.29, 1.82) is 5.26 Å². The van der Waals surface area contributed by atoms with Gasteiger partial charge in [-0.2, -0.15) is 5.26 Å². The molecule has 0 aliphatic rings. The van der Waals surface area contributed by atoms with Gasteiger partial charge in [0.05, 0.1) is 9.98 Å². The van der Waals surface area contributed by atoms with E-state index in [0.29, 0.717) is 4.88 Å². The van der Waals surface area contributed by atoms with Crippen LogP contribution in [0.25, 0.3) is 0 Å². The van der Waals surface area contributed by atoms with Gasteiger partial charge in [-0.25, -0.2) is 4.98 Å². The van der Waals surface area contributed by atoms with E-state index in [4.69, 9.17) is 5.26 Å². The van der Waals surface area contributed by atoms with E-state index in [0.717, 1.165) is 21.9 Å². The number of nitrogens with one attached hydrogen (secondary N) is 1. The molecule has 0 fully saturated rings. The minimum absolute atomic E-state index is 0.640. The third-order valence-corrected chi connectivity index (χ3v) is 4.44. The molecule has 2 aromatic heterocycles. The average Bonchev–Trinajstić information content (AvgIpc) is 2.88. The highest BCUT2D eigenvalue weighted by Crippen LogP contribution is 2.22. The normalized spacial score (nSPS) is 10.0. The van der Waals surface area contributed by atoms with Crippen molar-refractivity contribution in [1.82, 2.24) is 4.98 Å². The Labute approximate surface area is 110 Å². The zero-order valence-electron chi connectivity index (χ0n) is 8.24. The zero-order valence-corrected chi connectivity index (χ0v) is 11.5. The number of halogens is 1. The van der Waals surface area contributed by atoms with Crippen molar-refractivity contribution >= 4 is 43.7 Å². The molecule has 0 saturated heterocycles. The molecule has 2 aromatic rings. The van der Waals surface area contributed by atoms with E-state index in [1.54, 1.807) is 17.5 Å². The lowest BCUT2D eigenvalue weighted by molar-refractivity contribution is 1.04. The second kappa shape index (κ2) is 5.43. The summed E-state index contributed by atoms with van der Waals surface area (Å²) in [7, 11) is 0. The zero-order chi connectivity index (χ0) is 11.4. The third kappa shape index (κ3) is 3.04. The molecule has 82 valence electrons. The number of hydrogen-bond acceptors (Lipinski definition) is 5. The van der Waals surface area contributed by atoms with Crippen LogP contribution in [-0.2, 0) is 6.42 Å². The highest BCUT2D eigenvalue weighted by atomic mass is 79.9. The van der Waals surface area contributed by atoms with Gasteiger partial charge < -0.3 is 5.32 Å². The Hall–Kier alpha value is -0.900. The Balaban J connectivity index is 1.82. The molecule has 1 N–H and O–H groups in total. The number of aromatic nitrogens is 1. The quantitative estimate of drug-likeness (QED) is 0.940. The SMILES string of the molecule is N#Cc1cnc(NCCc2ccc(Br)s2)s1. The molecule has 16 heavy (non-hydrogen) atoms. The summed E-state index contributed by atoms with van der Waals surface area (Å²) in [5, 5.41) is 12.7. The molecule has 0 aliphatic carbocycles. The summed E-state index contributed by atoms with van der Waals surface area (Å²) >= 11 is 6.56. The number of nitrogens with zero attached hydrogens (tertiary/aromatic N) is 2. The van der Waals surface area contributed by atoms with Crippen LogP contribution < -0.4 is 5.32 Å². The van der Waals surface area contributed by atoms with Gasteiger partial charge in [-0.1, -0.05) is 11.3 Å². The Kier molecular flexibility index (Phi) is 3.93. The van der Waals surface area contributed by atoms with Gasteiger partial charge >= 0.3 is 0 Å². The minimum atomic E-state index is 0.640. The molecule has 3 nitrogen and oxygen atoms in total. The fraction of sp³-hybridized carbons (Fsp3) is 0.200. The molecule has 0 radical (unpaired) electrons. The topological polar surface area (TPSA) is 48.7 Å². The van der Waals surface area contributed by atoms with Gasteiger partial charge in [-0.05, 0) is 34.5 Å². The van der Waals surface area contributed by atoms with E-state index in [9.17, 15) is 0 Å². The maximum absolute atomic E-state index is 8.65. The van der Waals surface area contributed by atoms with E-state index in [1.165, 1.54) is 16.2 Å².